The van der Waals surface area contributed by atoms with Crippen molar-refractivity contribution in [3.63, 3.8) is 0 Å². The Morgan fingerprint density at radius 3 is 2.67 bits per heavy atom. The summed E-state index contributed by atoms with van der Waals surface area (Å²) in [5, 5.41) is 14.4. The highest BCUT2D eigenvalue weighted by Gasteiger charge is 2.33. The minimum absolute atomic E-state index is 0.0410. The molecule has 0 fully saturated rings. The fourth-order valence-electron chi connectivity index (χ4n) is 1.58. The second kappa shape index (κ2) is 5.65. The number of nitrogens with one attached hydrogen (secondary N) is 1. The standard InChI is InChI=1S/C12H8ClF3N2O3/c13-6-1-2-9(8(3-6)12(14,15)16)17-5-7-4-10(11(19)20)18-21-7/h1-4,17H,5H2,(H,19,20). The first-order chi connectivity index (χ1) is 9.77. The zero-order valence-electron chi connectivity index (χ0n) is 10.2. The lowest BCUT2D eigenvalue weighted by atomic mass is 10.1. The van der Waals surface area contributed by atoms with E-state index in [4.69, 9.17) is 21.2 Å². The molecular weight excluding hydrogens is 313 g/mol. The number of carboxylic acid groups (broad SMARTS) is 1. The molecule has 0 bridgehead atoms. The van der Waals surface area contributed by atoms with E-state index >= 15 is 0 Å². The smallest absolute Gasteiger partial charge is 0.418 e. The average Bonchev–Trinajstić information content (AvgIpc) is 2.85. The molecule has 0 radical (unpaired) electrons. The molecule has 21 heavy (non-hydrogen) atoms. The number of aromatic carboxylic acids is 1. The average molecular weight is 321 g/mol. The van der Waals surface area contributed by atoms with Crippen molar-refractivity contribution in [1.82, 2.24) is 5.16 Å². The van der Waals surface area contributed by atoms with Gasteiger partial charge in [0.15, 0.2) is 11.5 Å². The van der Waals surface area contributed by atoms with E-state index in [2.05, 4.69) is 10.5 Å². The topological polar surface area (TPSA) is 75.4 Å². The van der Waals surface area contributed by atoms with Crippen LogP contribution < -0.4 is 5.32 Å². The number of carboxylic acids is 1. The van der Waals surface area contributed by atoms with Gasteiger partial charge in [0.1, 0.15) is 0 Å². The Balaban J connectivity index is 2.18. The third-order valence-corrected chi connectivity index (χ3v) is 2.75. The fourth-order valence-corrected chi connectivity index (χ4v) is 1.76. The third kappa shape index (κ3) is 3.66. The zero-order chi connectivity index (χ0) is 15.6. The molecule has 9 heteroatoms. The molecule has 1 aromatic carbocycles. The van der Waals surface area contributed by atoms with Crippen molar-refractivity contribution in [3.8, 4) is 0 Å². The number of rotatable bonds is 4. The maximum absolute atomic E-state index is 12.9. The van der Waals surface area contributed by atoms with Crippen molar-refractivity contribution in [1.29, 1.82) is 0 Å². The van der Waals surface area contributed by atoms with Crippen LogP contribution in [0.15, 0.2) is 28.8 Å². The van der Waals surface area contributed by atoms with Gasteiger partial charge in [-0.15, -0.1) is 0 Å². The highest BCUT2D eigenvalue weighted by atomic mass is 35.5. The molecule has 0 saturated carbocycles. The SMILES string of the molecule is O=C(O)c1cc(CNc2ccc(Cl)cc2C(F)(F)F)on1. The quantitative estimate of drug-likeness (QED) is 0.899. The lowest BCUT2D eigenvalue weighted by Gasteiger charge is -2.14. The second-order valence-corrected chi connectivity index (χ2v) is 4.46. The summed E-state index contributed by atoms with van der Waals surface area (Å²) in [5.74, 6) is -1.19. The molecule has 0 aliphatic carbocycles. The van der Waals surface area contributed by atoms with Gasteiger partial charge in [0.2, 0.25) is 0 Å². The van der Waals surface area contributed by atoms with Crippen LogP contribution in [0, 0.1) is 0 Å². The van der Waals surface area contributed by atoms with Crippen molar-refractivity contribution in [2.24, 2.45) is 0 Å². The molecule has 0 amide bonds. The van der Waals surface area contributed by atoms with Crippen LogP contribution in [0.3, 0.4) is 0 Å². The van der Waals surface area contributed by atoms with Crippen LogP contribution in [0.5, 0.6) is 0 Å². The van der Waals surface area contributed by atoms with Crippen LogP contribution in [0.25, 0.3) is 0 Å². The molecule has 0 aliphatic rings. The molecule has 2 N–H and O–H groups in total. The molecule has 1 aromatic heterocycles. The lowest BCUT2D eigenvalue weighted by Crippen LogP contribution is -2.10. The van der Waals surface area contributed by atoms with Gasteiger partial charge in [0, 0.05) is 16.8 Å². The van der Waals surface area contributed by atoms with E-state index in [0.29, 0.717) is 0 Å². The molecule has 2 rings (SSSR count). The Hall–Kier alpha value is -2.22. The van der Waals surface area contributed by atoms with Crippen LogP contribution in [0.4, 0.5) is 18.9 Å². The molecule has 0 aliphatic heterocycles. The number of halogens is 4. The van der Waals surface area contributed by atoms with Gasteiger partial charge in [-0.25, -0.2) is 4.79 Å². The van der Waals surface area contributed by atoms with Gasteiger partial charge in [0.05, 0.1) is 12.1 Å². The van der Waals surface area contributed by atoms with Crippen molar-refractivity contribution in [3.05, 3.63) is 46.3 Å². The molecule has 0 saturated heterocycles. The van der Waals surface area contributed by atoms with Gasteiger partial charge in [-0.1, -0.05) is 16.8 Å². The van der Waals surface area contributed by atoms with Crippen LogP contribution in [0.1, 0.15) is 21.8 Å². The van der Waals surface area contributed by atoms with Crippen molar-refractivity contribution in [2.45, 2.75) is 12.7 Å². The summed E-state index contributed by atoms with van der Waals surface area (Å²) in [4.78, 5) is 10.6. The first kappa shape index (κ1) is 15.2. The highest BCUT2D eigenvalue weighted by molar-refractivity contribution is 6.30. The number of hydrogen-bond acceptors (Lipinski definition) is 4. The second-order valence-electron chi connectivity index (χ2n) is 4.02. The molecule has 112 valence electrons. The molecule has 1 heterocycles. The van der Waals surface area contributed by atoms with Gasteiger partial charge < -0.3 is 14.9 Å². The van der Waals surface area contributed by atoms with E-state index in [0.717, 1.165) is 12.1 Å². The maximum atomic E-state index is 12.9. The number of anilines is 1. The van der Waals surface area contributed by atoms with Gasteiger partial charge in [-0.3, -0.25) is 0 Å². The molecule has 0 unspecified atom stereocenters. The number of hydrogen-bond donors (Lipinski definition) is 2. The van der Waals surface area contributed by atoms with Crippen LogP contribution in [-0.4, -0.2) is 16.2 Å². The lowest BCUT2D eigenvalue weighted by molar-refractivity contribution is -0.137. The zero-order valence-corrected chi connectivity index (χ0v) is 11.0. The number of nitrogens with zero attached hydrogens (tertiary/aromatic N) is 1. The summed E-state index contributed by atoms with van der Waals surface area (Å²) >= 11 is 5.56. The largest absolute Gasteiger partial charge is 0.476 e. The van der Waals surface area contributed by atoms with Crippen LogP contribution >= 0.6 is 11.6 Å². The minimum atomic E-state index is -4.57. The van der Waals surface area contributed by atoms with Crippen LogP contribution in [0.2, 0.25) is 5.02 Å². The molecular formula is C12H8ClF3N2O3. The Kier molecular flexibility index (Phi) is 4.08. The molecule has 0 spiro atoms. The Labute approximate surface area is 121 Å². The first-order valence-corrected chi connectivity index (χ1v) is 5.94. The monoisotopic (exact) mass is 320 g/mol. The van der Waals surface area contributed by atoms with E-state index in [1.54, 1.807) is 0 Å². The number of alkyl halides is 3. The summed E-state index contributed by atoms with van der Waals surface area (Å²) in [7, 11) is 0. The maximum Gasteiger partial charge on any atom is 0.418 e. The Morgan fingerprint density at radius 1 is 1.38 bits per heavy atom. The van der Waals surface area contributed by atoms with E-state index in [-0.39, 0.29) is 28.7 Å². The van der Waals surface area contributed by atoms with Crippen molar-refractivity contribution in [2.75, 3.05) is 5.32 Å². The Morgan fingerprint density at radius 2 is 2.10 bits per heavy atom. The summed E-state index contributed by atoms with van der Waals surface area (Å²) in [6, 6.07) is 4.41. The van der Waals surface area contributed by atoms with Crippen molar-refractivity contribution >= 4 is 23.3 Å². The minimum Gasteiger partial charge on any atom is -0.476 e. The first-order valence-electron chi connectivity index (χ1n) is 5.57. The molecule has 0 atom stereocenters. The predicted octanol–water partition coefficient (Wildman–Crippen LogP) is 3.66. The van der Waals surface area contributed by atoms with Gasteiger partial charge >= 0.3 is 12.1 Å². The fraction of sp³-hybridized carbons (Fsp3) is 0.167. The molecule has 2 aromatic rings. The van der Waals surface area contributed by atoms with Gasteiger partial charge in [-0.05, 0) is 18.2 Å². The van der Waals surface area contributed by atoms with Crippen molar-refractivity contribution < 1.29 is 27.6 Å². The van der Waals surface area contributed by atoms with E-state index in [1.165, 1.54) is 12.1 Å². The summed E-state index contributed by atoms with van der Waals surface area (Å²) < 4.78 is 43.3. The summed E-state index contributed by atoms with van der Waals surface area (Å²) in [6.07, 6.45) is -4.57. The summed E-state index contributed by atoms with van der Waals surface area (Å²) in [5.41, 5.74) is -1.44. The Bertz CT molecular complexity index is 670. The van der Waals surface area contributed by atoms with Gasteiger partial charge in [-0.2, -0.15) is 13.2 Å². The number of aromatic nitrogens is 1. The van der Waals surface area contributed by atoms with E-state index in [9.17, 15) is 18.0 Å². The van der Waals surface area contributed by atoms with Crippen LogP contribution in [-0.2, 0) is 12.7 Å². The van der Waals surface area contributed by atoms with E-state index in [1.807, 2.05) is 0 Å². The van der Waals surface area contributed by atoms with E-state index < -0.39 is 17.7 Å². The highest BCUT2D eigenvalue weighted by Crippen LogP contribution is 2.36. The third-order valence-electron chi connectivity index (χ3n) is 2.52. The molecule has 5 nitrogen and oxygen atoms in total. The normalized spacial score (nSPS) is 11.4. The van der Waals surface area contributed by atoms with Gasteiger partial charge in [0.25, 0.3) is 0 Å². The number of carbonyl (C=O) groups is 1. The summed E-state index contributed by atoms with van der Waals surface area (Å²) in [6.45, 7) is -0.148. The predicted molar refractivity (Wildman–Crippen MR) is 67.2 cm³/mol. The number of benzene rings is 1.